The molecule has 0 N–H and O–H groups in total. The predicted molar refractivity (Wildman–Crippen MR) is 65.7 cm³/mol. The van der Waals surface area contributed by atoms with Crippen molar-refractivity contribution >= 4 is 17.4 Å². The Kier molecular flexibility index (Phi) is 3.79. The molecule has 1 saturated heterocycles. The minimum atomic E-state index is -0.225. The molecule has 4 heteroatoms. The van der Waals surface area contributed by atoms with Crippen LogP contribution in [0, 0.1) is 12.7 Å². The first-order valence-electron chi connectivity index (χ1n) is 5.75. The second-order valence-corrected chi connectivity index (χ2v) is 4.91. The van der Waals surface area contributed by atoms with Crippen LogP contribution in [-0.2, 0) is 11.3 Å². The SMILES string of the molecule is Cc1cc(Cl)c(CN2CCC(=O)CC2)cc1F. The van der Waals surface area contributed by atoms with Crippen LogP contribution in [0.1, 0.15) is 24.0 Å². The van der Waals surface area contributed by atoms with Gasteiger partial charge in [0, 0.05) is 37.5 Å². The van der Waals surface area contributed by atoms with E-state index in [2.05, 4.69) is 4.90 Å². The van der Waals surface area contributed by atoms with Crippen LogP contribution >= 0.6 is 11.6 Å². The van der Waals surface area contributed by atoms with Gasteiger partial charge in [-0.2, -0.15) is 0 Å². The number of piperidine rings is 1. The van der Waals surface area contributed by atoms with E-state index >= 15 is 0 Å². The minimum absolute atomic E-state index is 0.225. The van der Waals surface area contributed by atoms with Gasteiger partial charge < -0.3 is 0 Å². The minimum Gasteiger partial charge on any atom is -0.300 e. The molecule has 1 heterocycles. The summed E-state index contributed by atoms with van der Waals surface area (Å²) in [6, 6.07) is 3.15. The lowest BCUT2D eigenvalue weighted by atomic mass is 10.1. The summed E-state index contributed by atoms with van der Waals surface area (Å²) in [5.41, 5.74) is 1.36. The molecular weight excluding hydrogens is 241 g/mol. The third kappa shape index (κ3) is 3.05. The van der Waals surface area contributed by atoms with Gasteiger partial charge in [0.2, 0.25) is 0 Å². The summed E-state index contributed by atoms with van der Waals surface area (Å²) in [6.07, 6.45) is 1.18. The van der Waals surface area contributed by atoms with Crippen LogP contribution in [0.2, 0.25) is 5.02 Å². The van der Waals surface area contributed by atoms with Crippen LogP contribution in [0.25, 0.3) is 0 Å². The molecule has 17 heavy (non-hydrogen) atoms. The number of halogens is 2. The van der Waals surface area contributed by atoms with Crippen LogP contribution in [-0.4, -0.2) is 23.8 Å². The highest BCUT2D eigenvalue weighted by Crippen LogP contribution is 2.22. The molecule has 92 valence electrons. The van der Waals surface area contributed by atoms with Crippen molar-refractivity contribution in [3.8, 4) is 0 Å². The fraction of sp³-hybridized carbons (Fsp3) is 0.462. The number of ketones is 1. The highest BCUT2D eigenvalue weighted by Gasteiger charge is 2.17. The van der Waals surface area contributed by atoms with Crippen molar-refractivity contribution in [1.82, 2.24) is 4.90 Å². The summed E-state index contributed by atoms with van der Waals surface area (Å²) in [6.45, 7) is 3.79. The zero-order valence-corrected chi connectivity index (χ0v) is 10.6. The van der Waals surface area contributed by atoms with Crippen molar-refractivity contribution in [2.24, 2.45) is 0 Å². The third-order valence-corrected chi connectivity index (χ3v) is 3.49. The van der Waals surface area contributed by atoms with Gasteiger partial charge in [-0.05, 0) is 30.2 Å². The third-order valence-electron chi connectivity index (χ3n) is 3.14. The summed E-state index contributed by atoms with van der Waals surface area (Å²) in [5.74, 6) is 0.0833. The van der Waals surface area contributed by atoms with E-state index in [-0.39, 0.29) is 5.82 Å². The molecule has 0 bridgehead atoms. The zero-order valence-electron chi connectivity index (χ0n) is 9.80. The largest absolute Gasteiger partial charge is 0.300 e. The molecular formula is C13H15ClFNO. The summed E-state index contributed by atoms with van der Waals surface area (Å²) < 4.78 is 13.4. The lowest BCUT2D eigenvalue weighted by Gasteiger charge is -2.26. The van der Waals surface area contributed by atoms with Crippen LogP contribution < -0.4 is 0 Å². The van der Waals surface area contributed by atoms with Gasteiger partial charge in [0.15, 0.2) is 0 Å². The fourth-order valence-electron chi connectivity index (χ4n) is 2.01. The highest BCUT2D eigenvalue weighted by atomic mass is 35.5. The first-order valence-corrected chi connectivity index (χ1v) is 6.12. The number of carbonyl (C=O) groups excluding carboxylic acids is 1. The Labute approximate surface area is 105 Å². The summed E-state index contributed by atoms with van der Waals surface area (Å²) in [7, 11) is 0. The van der Waals surface area contributed by atoms with Crippen LogP contribution in [0.15, 0.2) is 12.1 Å². The Balaban J connectivity index is 2.08. The Morgan fingerprint density at radius 2 is 2.00 bits per heavy atom. The van der Waals surface area contributed by atoms with Gasteiger partial charge in [-0.1, -0.05) is 11.6 Å². The summed E-state index contributed by atoms with van der Waals surface area (Å²) >= 11 is 6.09. The lowest BCUT2D eigenvalue weighted by molar-refractivity contribution is -0.121. The average molecular weight is 256 g/mol. The van der Waals surface area contributed by atoms with Gasteiger partial charge >= 0.3 is 0 Å². The predicted octanol–water partition coefficient (Wildman–Crippen LogP) is 2.95. The van der Waals surface area contributed by atoms with Crippen molar-refractivity contribution in [3.05, 3.63) is 34.1 Å². The second kappa shape index (κ2) is 5.15. The van der Waals surface area contributed by atoms with Crippen LogP contribution in [0.4, 0.5) is 4.39 Å². The van der Waals surface area contributed by atoms with Gasteiger partial charge in [0.05, 0.1) is 0 Å². The number of hydrogen-bond donors (Lipinski definition) is 0. The van der Waals surface area contributed by atoms with Crippen LogP contribution in [0.3, 0.4) is 0 Å². The molecule has 0 saturated carbocycles. The molecule has 0 aromatic heterocycles. The number of benzene rings is 1. The van der Waals surface area contributed by atoms with Crippen molar-refractivity contribution in [3.63, 3.8) is 0 Å². The van der Waals surface area contributed by atoms with Gasteiger partial charge in [-0.15, -0.1) is 0 Å². The molecule has 1 aliphatic rings. The monoisotopic (exact) mass is 255 g/mol. The molecule has 0 unspecified atom stereocenters. The number of aryl methyl sites for hydroxylation is 1. The van der Waals surface area contributed by atoms with Gasteiger partial charge in [0.25, 0.3) is 0 Å². The molecule has 2 nitrogen and oxygen atoms in total. The molecule has 0 atom stereocenters. The summed E-state index contributed by atoms with van der Waals surface area (Å²) in [4.78, 5) is 13.3. The number of nitrogens with zero attached hydrogens (tertiary/aromatic N) is 1. The van der Waals surface area contributed by atoms with E-state index in [1.807, 2.05) is 0 Å². The Morgan fingerprint density at radius 3 is 2.65 bits per heavy atom. The second-order valence-electron chi connectivity index (χ2n) is 4.51. The molecule has 1 fully saturated rings. The van der Waals surface area contributed by atoms with Crippen LogP contribution in [0.5, 0.6) is 0 Å². The molecule has 0 spiro atoms. The van der Waals surface area contributed by atoms with E-state index in [1.54, 1.807) is 13.0 Å². The molecule has 1 aliphatic heterocycles. The molecule has 1 aromatic carbocycles. The molecule has 0 aliphatic carbocycles. The maximum absolute atomic E-state index is 13.4. The normalized spacial score (nSPS) is 17.5. The fourth-order valence-corrected chi connectivity index (χ4v) is 2.29. The quantitative estimate of drug-likeness (QED) is 0.810. The van der Waals surface area contributed by atoms with Crippen molar-refractivity contribution in [2.75, 3.05) is 13.1 Å². The smallest absolute Gasteiger partial charge is 0.135 e. The molecule has 0 radical (unpaired) electrons. The van der Waals surface area contributed by atoms with E-state index in [0.29, 0.717) is 35.8 Å². The number of Topliss-reactive ketones (excluding diaryl/α,β-unsaturated/α-hetero) is 1. The highest BCUT2D eigenvalue weighted by molar-refractivity contribution is 6.31. The number of hydrogen-bond acceptors (Lipinski definition) is 2. The van der Waals surface area contributed by atoms with Crippen molar-refractivity contribution < 1.29 is 9.18 Å². The van der Waals surface area contributed by atoms with Gasteiger partial charge in [-0.25, -0.2) is 4.39 Å². The van der Waals surface area contributed by atoms with Crippen molar-refractivity contribution in [1.29, 1.82) is 0 Å². The molecule has 2 rings (SSSR count). The first kappa shape index (κ1) is 12.5. The maximum atomic E-state index is 13.4. The van der Waals surface area contributed by atoms with Gasteiger partial charge in [-0.3, -0.25) is 9.69 Å². The number of rotatable bonds is 2. The molecule has 1 aromatic rings. The number of carbonyl (C=O) groups is 1. The Bertz CT molecular complexity index is 437. The average Bonchev–Trinajstić information content (AvgIpc) is 2.29. The first-order chi connectivity index (χ1) is 8.06. The zero-order chi connectivity index (χ0) is 12.4. The maximum Gasteiger partial charge on any atom is 0.135 e. The Hall–Kier alpha value is -0.930. The lowest BCUT2D eigenvalue weighted by Crippen LogP contribution is -2.33. The Morgan fingerprint density at radius 1 is 1.35 bits per heavy atom. The van der Waals surface area contributed by atoms with Gasteiger partial charge in [0.1, 0.15) is 11.6 Å². The van der Waals surface area contributed by atoms with Crippen molar-refractivity contribution in [2.45, 2.75) is 26.3 Å². The topological polar surface area (TPSA) is 20.3 Å². The van der Waals surface area contributed by atoms with E-state index in [1.165, 1.54) is 6.07 Å². The number of likely N-dealkylation sites (tertiary alicyclic amines) is 1. The van der Waals surface area contributed by atoms with E-state index in [9.17, 15) is 9.18 Å². The standard InChI is InChI=1S/C13H15ClFNO/c1-9-6-12(14)10(7-13(9)15)8-16-4-2-11(17)3-5-16/h6-7H,2-5,8H2,1H3. The van der Waals surface area contributed by atoms with E-state index in [4.69, 9.17) is 11.6 Å². The van der Waals surface area contributed by atoms with E-state index in [0.717, 1.165) is 18.7 Å². The molecule has 0 amide bonds. The summed E-state index contributed by atoms with van der Waals surface area (Å²) in [5, 5.41) is 0.598. The van der Waals surface area contributed by atoms with E-state index < -0.39 is 0 Å².